The smallest absolute Gasteiger partial charge is 0.328 e. The molecule has 17 heteroatoms. The molecule has 0 spiro atoms. The Morgan fingerprint density at radius 1 is 1.03 bits per heavy atom. The second-order valence-corrected chi connectivity index (χ2v) is 15.2. The summed E-state index contributed by atoms with van der Waals surface area (Å²) in [6.45, 7) is 5.05. The van der Waals surface area contributed by atoms with E-state index < -0.39 is 71.8 Å². The highest BCUT2D eigenvalue weighted by Gasteiger charge is 2.38. The first-order valence-electron chi connectivity index (χ1n) is 21.0. The third kappa shape index (κ3) is 16.3. The number of nitrogens with one attached hydrogen (secondary N) is 2. The van der Waals surface area contributed by atoms with Gasteiger partial charge in [0, 0.05) is 25.6 Å². The molecule has 328 valence electrons. The lowest BCUT2D eigenvalue weighted by Crippen LogP contribution is -2.51. The third-order valence-corrected chi connectivity index (χ3v) is 10.5. The summed E-state index contributed by atoms with van der Waals surface area (Å²) in [5.41, 5.74) is 0.303. The first-order valence-corrected chi connectivity index (χ1v) is 21.0. The SMILES string of the molecule is CCC(OC(=O)C(CCCCN(O)C(=O)/C=C\CCCCCCCCCC(=O)O)NC(=O)C1N=C(c2ccccc2O)OC1C)C(C)C(=O)NC1CCCCN(O)C1=O. The maximum absolute atomic E-state index is 13.8. The second kappa shape index (κ2) is 25.5. The molecule has 6 N–H and O–H groups in total. The number of aromatic hydroxyl groups is 1. The number of para-hydroxylation sites is 1. The Labute approximate surface area is 346 Å². The van der Waals surface area contributed by atoms with Gasteiger partial charge in [0.1, 0.15) is 30.0 Å². The number of amides is 4. The van der Waals surface area contributed by atoms with Crippen molar-refractivity contribution < 1.29 is 58.9 Å². The molecule has 4 amide bonds. The van der Waals surface area contributed by atoms with E-state index in [2.05, 4.69) is 15.6 Å². The van der Waals surface area contributed by atoms with Crippen LogP contribution in [0, 0.1) is 5.92 Å². The van der Waals surface area contributed by atoms with E-state index in [4.69, 9.17) is 14.6 Å². The number of benzene rings is 1. The van der Waals surface area contributed by atoms with E-state index in [1.165, 1.54) is 12.1 Å². The largest absolute Gasteiger partial charge is 0.507 e. The minimum absolute atomic E-state index is 0.0393. The highest BCUT2D eigenvalue weighted by atomic mass is 16.5. The molecule has 0 radical (unpaired) electrons. The Kier molecular flexibility index (Phi) is 20.9. The number of phenolic OH excluding ortho intramolecular Hbond substituents is 1. The van der Waals surface area contributed by atoms with Crippen LogP contribution in [-0.2, 0) is 38.2 Å². The van der Waals surface area contributed by atoms with E-state index in [0.29, 0.717) is 47.8 Å². The zero-order valence-corrected chi connectivity index (χ0v) is 34.6. The van der Waals surface area contributed by atoms with Crippen LogP contribution in [0.15, 0.2) is 41.4 Å². The lowest BCUT2D eigenvalue weighted by molar-refractivity contribution is -0.167. The van der Waals surface area contributed by atoms with Crippen molar-refractivity contribution in [3.8, 4) is 5.75 Å². The number of aliphatic carboxylic acids is 1. The van der Waals surface area contributed by atoms with Crippen molar-refractivity contribution in [3.63, 3.8) is 0 Å². The van der Waals surface area contributed by atoms with Gasteiger partial charge in [-0.05, 0) is 83.3 Å². The molecule has 1 saturated heterocycles. The molecule has 6 unspecified atom stereocenters. The Bertz CT molecular complexity index is 1620. The number of ether oxygens (including phenoxy) is 2. The molecule has 17 nitrogen and oxygen atoms in total. The summed E-state index contributed by atoms with van der Waals surface area (Å²) < 4.78 is 11.6. The van der Waals surface area contributed by atoms with Gasteiger partial charge in [-0.15, -0.1) is 0 Å². The van der Waals surface area contributed by atoms with Crippen molar-refractivity contribution in [2.24, 2.45) is 10.9 Å². The van der Waals surface area contributed by atoms with Gasteiger partial charge >= 0.3 is 11.9 Å². The van der Waals surface area contributed by atoms with Gasteiger partial charge in [-0.3, -0.25) is 34.4 Å². The van der Waals surface area contributed by atoms with Crippen LogP contribution < -0.4 is 10.6 Å². The van der Waals surface area contributed by atoms with Crippen molar-refractivity contribution in [1.29, 1.82) is 0 Å². The minimum atomic E-state index is -1.21. The number of allylic oxidation sites excluding steroid dienone is 1. The predicted octanol–water partition coefficient (Wildman–Crippen LogP) is 4.80. The van der Waals surface area contributed by atoms with Crippen LogP contribution in [-0.4, -0.2) is 116 Å². The van der Waals surface area contributed by atoms with Crippen LogP contribution >= 0.6 is 0 Å². The number of nitrogens with zero attached hydrogens (tertiary/aromatic N) is 3. The molecule has 2 heterocycles. The number of carboxylic acid groups (broad SMARTS) is 1. The molecule has 0 aromatic heterocycles. The number of hydrogen-bond acceptors (Lipinski definition) is 12. The summed E-state index contributed by atoms with van der Waals surface area (Å²) in [4.78, 5) is 80.6. The Hall–Kier alpha value is -5.03. The maximum Gasteiger partial charge on any atom is 0.328 e. The summed E-state index contributed by atoms with van der Waals surface area (Å²) in [5, 5.41) is 45.9. The molecule has 3 rings (SSSR count). The van der Waals surface area contributed by atoms with Gasteiger partial charge in [0.25, 0.3) is 11.8 Å². The number of carboxylic acids is 1. The van der Waals surface area contributed by atoms with Gasteiger partial charge < -0.3 is 30.3 Å². The van der Waals surface area contributed by atoms with E-state index in [9.17, 15) is 44.3 Å². The van der Waals surface area contributed by atoms with E-state index in [0.717, 1.165) is 38.5 Å². The number of hydroxylamine groups is 4. The standard InChI is InChI=1S/C42H63N5O12/c1-4-34(28(2)38(52)43-31-21-16-19-27-47(57)41(31)54)59-42(55)32(44-39(53)37-29(3)58-40(45-37)30-20-14-15-23-33(30)48)22-17-18-26-46(56)35(49)24-12-10-8-6-5-7-9-11-13-25-36(50)51/h12,14-15,20,23-24,28-29,31-32,34,37,48,56-57H,4-11,13,16-19,21-22,25-27H2,1-3H3,(H,43,52)(H,44,53)(H,50,51)/b24-12-. The third-order valence-electron chi connectivity index (χ3n) is 10.5. The van der Waals surface area contributed by atoms with Gasteiger partial charge in [0.2, 0.25) is 17.7 Å². The Morgan fingerprint density at radius 3 is 2.42 bits per heavy atom. The summed E-state index contributed by atoms with van der Waals surface area (Å²) in [5.74, 6) is -4.85. The highest BCUT2D eigenvalue weighted by Crippen LogP contribution is 2.25. The first kappa shape index (κ1) is 48.3. The number of aliphatic imine (C=N–C) groups is 1. The van der Waals surface area contributed by atoms with Crippen molar-refractivity contribution in [1.82, 2.24) is 20.8 Å². The summed E-state index contributed by atoms with van der Waals surface area (Å²) >= 11 is 0. The van der Waals surface area contributed by atoms with E-state index in [1.54, 1.807) is 45.0 Å². The average Bonchev–Trinajstić information content (AvgIpc) is 3.53. The van der Waals surface area contributed by atoms with Crippen LogP contribution in [0.2, 0.25) is 0 Å². The molecule has 1 aromatic carbocycles. The zero-order valence-electron chi connectivity index (χ0n) is 34.6. The number of phenols is 1. The van der Waals surface area contributed by atoms with Crippen LogP contribution in [0.5, 0.6) is 5.75 Å². The molecule has 0 bridgehead atoms. The van der Waals surface area contributed by atoms with Gasteiger partial charge in [-0.25, -0.2) is 19.9 Å². The van der Waals surface area contributed by atoms with Crippen molar-refractivity contribution >= 4 is 41.5 Å². The summed E-state index contributed by atoms with van der Waals surface area (Å²) in [6.07, 6.45) is 11.1. The fraction of sp³-hybridized carbons (Fsp3) is 0.643. The molecule has 0 saturated carbocycles. The van der Waals surface area contributed by atoms with Crippen LogP contribution in [0.25, 0.3) is 0 Å². The van der Waals surface area contributed by atoms with E-state index >= 15 is 0 Å². The molecular formula is C42H63N5O12. The van der Waals surface area contributed by atoms with Gasteiger partial charge in [-0.2, -0.15) is 0 Å². The Morgan fingerprint density at radius 2 is 1.73 bits per heavy atom. The fourth-order valence-corrected chi connectivity index (χ4v) is 6.88. The number of rotatable bonds is 25. The molecule has 0 aliphatic carbocycles. The highest BCUT2D eigenvalue weighted by molar-refractivity contribution is 6.01. The molecule has 6 atom stereocenters. The van der Waals surface area contributed by atoms with Crippen molar-refractivity contribution in [2.45, 2.75) is 154 Å². The molecule has 1 fully saturated rings. The number of carbonyl (C=O) groups is 6. The Balaban J connectivity index is 1.58. The van der Waals surface area contributed by atoms with Crippen LogP contribution in [0.4, 0.5) is 0 Å². The van der Waals surface area contributed by atoms with E-state index in [-0.39, 0.29) is 56.8 Å². The van der Waals surface area contributed by atoms with Crippen molar-refractivity contribution in [3.05, 3.63) is 42.0 Å². The normalized spacial score (nSPS) is 19.5. The number of esters is 1. The van der Waals surface area contributed by atoms with Crippen molar-refractivity contribution in [2.75, 3.05) is 13.1 Å². The molecule has 2 aliphatic heterocycles. The van der Waals surface area contributed by atoms with Gasteiger partial charge in [0.05, 0.1) is 11.5 Å². The zero-order chi connectivity index (χ0) is 43.3. The molecule has 59 heavy (non-hydrogen) atoms. The topological polar surface area (TPSA) is 245 Å². The lowest BCUT2D eigenvalue weighted by Gasteiger charge is -2.27. The molecule has 1 aromatic rings. The van der Waals surface area contributed by atoms with Gasteiger partial charge in [-0.1, -0.05) is 64.2 Å². The quantitative estimate of drug-likeness (QED) is 0.0256. The average molecular weight is 830 g/mol. The first-order chi connectivity index (χ1) is 28.2. The fourth-order valence-electron chi connectivity index (χ4n) is 6.88. The monoisotopic (exact) mass is 829 g/mol. The maximum atomic E-state index is 13.8. The van der Waals surface area contributed by atoms with Crippen LogP contribution in [0.1, 0.15) is 129 Å². The second-order valence-electron chi connectivity index (χ2n) is 15.2. The predicted molar refractivity (Wildman–Crippen MR) is 215 cm³/mol. The van der Waals surface area contributed by atoms with Crippen LogP contribution in [0.3, 0.4) is 0 Å². The lowest BCUT2D eigenvalue weighted by atomic mass is 10.00. The number of hydrogen-bond donors (Lipinski definition) is 6. The van der Waals surface area contributed by atoms with E-state index in [1.807, 2.05) is 0 Å². The van der Waals surface area contributed by atoms with Gasteiger partial charge in [0.15, 0.2) is 6.04 Å². The minimum Gasteiger partial charge on any atom is -0.507 e. The summed E-state index contributed by atoms with van der Waals surface area (Å²) in [7, 11) is 0. The number of carbonyl (C=O) groups excluding carboxylic acids is 5. The molecular weight excluding hydrogens is 766 g/mol. The number of unbranched alkanes of at least 4 members (excludes halogenated alkanes) is 8. The summed E-state index contributed by atoms with van der Waals surface area (Å²) in [6, 6.07) is 3.19. The molecule has 2 aliphatic rings.